The lowest BCUT2D eigenvalue weighted by atomic mass is 9.45. The predicted molar refractivity (Wildman–Crippen MR) is 114 cm³/mol. The lowest BCUT2D eigenvalue weighted by molar-refractivity contribution is -0.324. The molecule has 3 N–H and O–H groups in total. The van der Waals surface area contributed by atoms with Crippen LogP contribution in [0.4, 0.5) is 0 Å². The SMILES string of the molecule is [2H]C1([2H])[C@]([2H])(O)[C@@]2([2H])[C@@H](CC=C3CC4(CC[C@@]32C)OCCO4)[C@@H]2CC[C@](O)(C3(CO)OCCO3)[C@]21C. The Balaban J connectivity index is 1.50. The minimum atomic E-state index is -2.89. The van der Waals surface area contributed by atoms with Gasteiger partial charge in [-0.15, -0.1) is 0 Å². The van der Waals surface area contributed by atoms with E-state index in [0.717, 1.165) is 5.57 Å². The van der Waals surface area contributed by atoms with Crippen LogP contribution >= 0.6 is 0 Å². The van der Waals surface area contributed by atoms with Gasteiger partial charge in [0, 0.05) is 22.4 Å². The summed E-state index contributed by atoms with van der Waals surface area (Å²) in [5.41, 5.74) is -3.86. The van der Waals surface area contributed by atoms with Crippen LogP contribution in [0.25, 0.3) is 0 Å². The van der Waals surface area contributed by atoms with Crippen molar-refractivity contribution in [3.8, 4) is 0 Å². The molecule has 1 spiro atoms. The van der Waals surface area contributed by atoms with Crippen molar-refractivity contribution in [3.05, 3.63) is 11.6 Å². The Hall–Kier alpha value is -0.540. The van der Waals surface area contributed by atoms with Crippen LogP contribution < -0.4 is 0 Å². The minimum absolute atomic E-state index is 0.0645. The molecule has 0 aromatic carbocycles. The molecule has 7 nitrogen and oxygen atoms in total. The number of rotatable bonds is 2. The summed E-state index contributed by atoms with van der Waals surface area (Å²) in [5, 5.41) is 34.6. The van der Waals surface area contributed by atoms with Gasteiger partial charge in [-0.05, 0) is 55.2 Å². The highest BCUT2D eigenvalue weighted by atomic mass is 16.8. The van der Waals surface area contributed by atoms with Crippen molar-refractivity contribution in [2.45, 2.75) is 82.0 Å². The lowest BCUT2D eigenvalue weighted by Gasteiger charge is -2.62. The average molecular weight is 455 g/mol. The summed E-state index contributed by atoms with van der Waals surface area (Å²) in [6, 6.07) is 0. The molecule has 7 heteroatoms. The zero-order chi connectivity index (χ0) is 26.0. The van der Waals surface area contributed by atoms with Crippen molar-refractivity contribution in [3.63, 3.8) is 0 Å². The van der Waals surface area contributed by atoms with Crippen molar-refractivity contribution in [1.82, 2.24) is 0 Å². The summed E-state index contributed by atoms with van der Waals surface area (Å²) >= 11 is 0. The van der Waals surface area contributed by atoms with Gasteiger partial charge in [0.25, 0.3) is 0 Å². The molecule has 0 unspecified atom stereocenters. The molecule has 2 heterocycles. The molecule has 32 heavy (non-hydrogen) atoms. The predicted octanol–water partition coefficient (Wildman–Crippen LogP) is 2.13. The van der Waals surface area contributed by atoms with Crippen molar-refractivity contribution in [1.29, 1.82) is 0 Å². The van der Waals surface area contributed by atoms with Gasteiger partial charge < -0.3 is 34.3 Å². The topological polar surface area (TPSA) is 97.6 Å². The maximum atomic E-state index is 12.2. The zero-order valence-corrected chi connectivity index (χ0v) is 19.0. The van der Waals surface area contributed by atoms with Crippen molar-refractivity contribution < 1.29 is 39.8 Å². The van der Waals surface area contributed by atoms with Crippen molar-refractivity contribution >= 4 is 0 Å². The Morgan fingerprint density at radius 2 is 1.78 bits per heavy atom. The number of aliphatic hydroxyl groups excluding tert-OH is 1. The molecule has 0 bridgehead atoms. The first kappa shape index (κ1) is 17.8. The van der Waals surface area contributed by atoms with Gasteiger partial charge in [-0.25, -0.2) is 0 Å². The Labute approximate surface area is 195 Å². The van der Waals surface area contributed by atoms with Gasteiger partial charge in [-0.1, -0.05) is 25.5 Å². The zero-order valence-electron chi connectivity index (χ0n) is 23.0. The third-order valence-corrected chi connectivity index (χ3v) is 9.70. The monoisotopic (exact) mass is 454 g/mol. The largest absolute Gasteiger partial charge is 0.393 e. The first-order chi connectivity index (χ1) is 16.7. The highest BCUT2D eigenvalue weighted by Crippen LogP contribution is 2.69. The molecular weight excluding hydrogens is 412 g/mol. The second kappa shape index (κ2) is 7.00. The summed E-state index contributed by atoms with van der Waals surface area (Å²) in [6.07, 6.45) is -1.43. The maximum absolute atomic E-state index is 12.2. The molecule has 0 amide bonds. The van der Waals surface area contributed by atoms with E-state index in [2.05, 4.69) is 6.08 Å². The van der Waals surface area contributed by atoms with E-state index in [9.17, 15) is 20.8 Å². The fourth-order valence-electron chi connectivity index (χ4n) is 7.96. The number of aliphatic hydroxyl groups is 3. The van der Waals surface area contributed by atoms with Crippen LogP contribution in [0, 0.1) is 28.6 Å². The average Bonchev–Trinajstić information content (AvgIpc) is 3.56. The van der Waals surface area contributed by atoms with Crippen molar-refractivity contribution in [2.75, 3.05) is 33.0 Å². The van der Waals surface area contributed by atoms with Crippen LogP contribution in [0.5, 0.6) is 0 Å². The summed E-state index contributed by atoms with van der Waals surface area (Å²) in [6.45, 7) is 4.01. The van der Waals surface area contributed by atoms with E-state index < -0.39 is 64.8 Å². The molecule has 180 valence electrons. The Bertz CT molecular complexity index is 977. The molecule has 2 aliphatic heterocycles. The third-order valence-electron chi connectivity index (χ3n) is 9.70. The highest BCUT2D eigenvalue weighted by Gasteiger charge is 2.73. The van der Waals surface area contributed by atoms with Crippen LogP contribution in [0.2, 0.25) is 0 Å². The first-order valence-corrected chi connectivity index (χ1v) is 12.0. The van der Waals surface area contributed by atoms with E-state index in [1.54, 1.807) is 6.92 Å². The molecule has 3 saturated carbocycles. The highest BCUT2D eigenvalue weighted by molar-refractivity contribution is 5.29. The second-order valence-electron chi connectivity index (χ2n) is 10.9. The van der Waals surface area contributed by atoms with Crippen LogP contribution in [0.15, 0.2) is 11.6 Å². The standard InChI is InChI=1S/C25H38O7/c1-21-7-8-23(29-9-10-30-23)13-16(21)3-4-17-18-5-6-24(28,25(15-26)31-11-12-32-25)22(18,2)14-19(27)20(17)21/h3,17-20,26-28H,4-15H2,1-2H3/t17-,18-,19-,20+,21-,22-,24+/m0/s1/i14D2,19D,20D. The quantitative estimate of drug-likeness (QED) is 0.550. The molecule has 0 radical (unpaired) electrons. The Kier molecular flexibility index (Phi) is 3.90. The van der Waals surface area contributed by atoms with E-state index in [1.807, 2.05) is 6.92 Å². The molecule has 0 aromatic rings. The van der Waals surface area contributed by atoms with E-state index in [-0.39, 0.29) is 19.6 Å². The van der Waals surface area contributed by atoms with Crippen LogP contribution in [-0.4, -0.2) is 71.6 Å². The lowest BCUT2D eigenvalue weighted by Crippen LogP contribution is -2.68. The molecule has 7 atom stereocenters. The smallest absolute Gasteiger partial charge is 0.222 e. The fraction of sp³-hybridized carbons (Fsp3) is 0.920. The summed E-state index contributed by atoms with van der Waals surface area (Å²) < 4.78 is 61.2. The normalized spacial score (nSPS) is 59.2. The number of ether oxygens (including phenoxy) is 4. The molecular formula is C25H38O7. The Morgan fingerprint density at radius 3 is 2.47 bits per heavy atom. The van der Waals surface area contributed by atoms with Crippen LogP contribution in [0.1, 0.15) is 64.2 Å². The van der Waals surface area contributed by atoms with E-state index in [1.165, 1.54) is 0 Å². The molecule has 5 fully saturated rings. The minimum Gasteiger partial charge on any atom is -0.393 e. The third kappa shape index (κ3) is 2.56. The van der Waals surface area contributed by atoms with Gasteiger partial charge in [0.05, 0.1) is 33.9 Å². The molecule has 4 aliphatic carbocycles. The number of allylic oxidation sites excluding steroid dienone is 1. The van der Waals surface area contributed by atoms with Gasteiger partial charge in [0.15, 0.2) is 5.79 Å². The number of hydrogen-bond donors (Lipinski definition) is 3. The molecule has 0 aromatic heterocycles. The van der Waals surface area contributed by atoms with Crippen molar-refractivity contribution in [2.24, 2.45) is 28.6 Å². The summed E-state index contributed by atoms with van der Waals surface area (Å²) in [5.74, 6) is -5.66. The van der Waals surface area contributed by atoms with Crippen LogP contribution in [0.3, 0.4) is 0 Å². The van der Waals surface area contributed by atoms with Gasteiger partial charge in [-0.3, -0.25) is 0 Å². The Morgan fingerprint density at radius 1 is 1.09 bits per heavy atom. The van der Waals surface area contributed by atoms with Gasteiger partial charge in [0.2, 0.25) is 5.79 Å². The van der Waals surface area contributed by atoms with Gasteiger partial charge >= 0.3 is 0 Å². The number of hydrogen-bond acceptors (Lipinski definition) is 7. The molecule has 6 rings (SSSR count). The van der Waals surface area contributed by atoms with E-state index >= 15 is 0 Å². The number of fused-ring (bicyclic) bond motifs is 5. The van der Waals surface area contributed by atoms with E-state index in [0.29, 0.717) is 45.3 Å². The van der Waals surface area contributed by atoms with Gasteiger partial charge in [0.1, 0.15) is 12.2 Å². The summed E-state index contributed by atoms with van der Waals surface area (Å²) in [7, 11) is 0. The summed E-state index contributed by atoms with van der Waals surface area (Å²) in [4.78, 5) is 0. The van der Waals surface area contributed by atoms with Crippen LogP contribution in [-0.2, 0) is 18.9 Å². The molecule has 2 saturated heterocycles. The fourth-order valence-corrected chi connectivity index (χ4v) is 7.96. The first-order valence-electron chi connectivity index (χ1n) is 14.0. The van der Waals surface area contributed by atoms with Gasteiger partial charge in [-0.2, -0.15) is 0 Å². The molecule has 6 aliphatic rings. The second-order valence-corrected chi connectivity index (χ2v) is 10.9. The van der Waals surface area contributed by atoms with E-state index in [4.69, 9.17) is 18.9 Å². The maximum Gasteiger partial charge on any atom is 0.222 e.